The Morgan fingerprint density at radius 2 is 2.22 bits per heavy atom. The van der Waals surface area contributed by atoms with Crippen LogP contribution in [0, 0.1) is 6.92 Å². The van der Waals surface area contributed by atoms with Gasteiger partial charge in [0.15, 0.2) is 5.65 Å². The Bertz CT molecular complexity index is 522. The van der Waals surface area contributed by atoms with Crippen LogP contribution in [-0.4, -0.2) is 39.5 Å². The van der Waals surface area contributed by atoms with Crippen LogP contribution in [0.25, 0.3) is 11.0 Å². The molecule has 18 heavy (non-hydrogen) atoms. The first-order chi connectivity index (χ1) is 8.74. The van der Waals surface area contributed by atoms with E-state index in [4.69, 9.17) is 4.74 Å². The van der Waals surface area contributed by atoms with E-state index in [1.807, 2.05) is 20.9 Å². The van der Waals surface area contributed by atoms with E-state index in [2.05, 4.69) is 20.4 Å². The van der Waals surface area contributed by atoms with Gasteiger partial charge in [0.25, 0.3) is 0 Å². The van der Waals surface area contributed by atoms with Crippen LogP contribution in [0.3, 0.4) is 0 Å². The number of aryl methyl sites for hydroxylation is 2. The molecule has 0 unspecified atom stereocenters. The van der Waals surface area contributed by atoms with Crippen molar-refractivity contribution in [1.82, 2.24) is 19.7 Å². The van der Waals surface area contributed by atoms with Crippen LogP contribution in [0.2, 0.25) is 0 Å². The molecule has 0 aliphatic carbocycles. The fourth-order valence-corrected chi connectivity index (χ4v) is 1.94. The molecule has 0 fully saturated rings. The van der Waals surface area contributed by atoms with Gasteiger partial charge in [0.05, 0.1) is 11.1 Å². The monoisotopic (exact) mass is 249 g/mol. The molecule has 6 heteroatoms. The molecule has 2 aromatic rings. The van der Waals surface area contributed by atoms with Crippen molar-refractivity contribution in [3.8, 4) is 0 Å². The zero-order valence-electron chi connectivity index (χ0n) is 11.1. The number of nitrogens with one attached hydrogen (secondary N) is 1. The van der Waals surface area contributed by atoms with Gasteiger partial charge >= 0.3 is 0 Å². The van der Waals surface area contributed by atoms with Crippen LogP contribution in [-0.2, 0) is 11.8 Å². The van der Waals surface area contributed by atoms with E-state index in [1.54, 1.807) is 11.0 Å². The van der Waals surface area contributed by atoms with E-state index in [0.29, 0.717) is 0 Å². The maximum Gasteiger partial charge on any atom is 0.163 e. The van der Waals surface area contributed by atoms with Crippen molar-refractivity contribution in [2.75, 3.05) is 25.1 Å². The van der Waals surface area contributed by atoms with Gasteiger partial charge < -0.3 is 10.1 Å². The minimum absolute atomic E-state index is 0.763. The van der Waals surface area contributed by atoms with Gasteiger partial charge in [-0.15, -0.1) is 0 Å². The van der Waals surface area contributed by atoms with E-state index in [9.17, 15) is 0 Å². The molecule has 0 amide bonds. The summed E-state index contributed by atoms with van der Waals surface area (Å²) in [7, 11) is 1.89. The Morgan fingerprint density at radius 3 is 3.00 bits per heavy atom. The van der Waals surface area contributed by atoms with E-state index >= 15 is 0 Å². The van der Waals surface area contributed by atoms with Gasteiger partial charge in [-0.05, 0) is 20.3 Å². The van der Waals surface area contributed by atoms with E-state index < -0.39 is 0 Å². The summed E-state index contributed by atoms with van der Waals surface area (Å²) in [5.41, 5.74) is 1.80. The standard InChI is InChI=1S/C12H19N5O/c1-4-18-7-5-6-13-11-10-9(2)16-17(3)12(10)15-8-14-11/h8H,4-7H2,1-3H3,(H,13,14,15). The molecule has 6 nitrogen and oxygen atoms in total. The Morgan fingerprint density at radius 1 is 1.39 bits per heavy atom. The van der Waals surface area contributed by atoms with Crippen LogP contribution in [0.4, 0.5) is 5.82 Å². The Labute approximate surface area is 106 Å². The lowest BCUT2D eigenvalue weighted by Crippen LogP contribution is -2.07. The Balaban J connectivity index is 2.08. The summed E-state index contributed by atoms with van der Waals surface area (Å²) >= 11 is 0. The maximum absolute atomic E-state index is 5.30. The minimum atomic E-state index is 0.763. The lowest BCUT2D eigenvalue weighted by molar-refractivity contribution is 0.147. The molecule has 1 N–H and O–H groups in total. The van der Waals surface area contributed by atoms with Gasteiger partial charge in [-0.2, -0.15) is 5.10 Å². The number of nitrogens with zero attached hydrogens (tertiary/aromatic N) is 4. The van der Waals surface area contributed by atoms with Crippen molar-refractivity contribution >= 4 is 16.9 Å². The number of hydrogen-bond acceptors (Lipinski definition) is 5. The Kier molecular flexibility index (Phi) is 4.09. The summed E-state index contributed by atoms with van der Waals surface area (Å²) in [6.07, 6.45) is 2.52. The average molecular weight is 249 g/mol. The normalized spacial score (nSPS) is 11.1. The third-order valence-corrected chi connectivity index (χ3v) is 2.76. The molecule has 0 aromatic carbocycles. The van der Waals surface area contributed by atoms with Gasteiger partial charge in [-0.3, -0.25) is 4.68 Å². The lowest BCUT2D eigenvalue weighted by Gasteiger charge is -2.06. The second-order valence-electron chi connectivity index (χ2n) is 4.11. The van der Waals surface area contributed by atoms with Crippen molar-refractivity contribution < 1.29 is 4.74 Å². The molecule has 98 valence electrons. The zero-order valence-corrected chi connectivity index (χ0v) is 11.1. The fraction of sp³-hybridized carbons (Fsp3) is 0.583. The quantitative estimate of drug-likeness (QED) is 0.786. The van der Waals surface area contributed by atoms with Crippen molar-refractivity contribution in [2.45, 2.75) is 20.3 Å². The number of ether oxygens (including phenoxy) is 1. The van der Waals surface area contributed by atoms with Crippen molar-refractivity contribution in [3.05, 3.63) is 12.0 Å². The highest BCUT2D eigenvalue weighted by Crippen LogP contribution is 2.21. The Hall–Kier alpha value is -1.69. The van der Waals surface area contributed by atoms with Gasteiger partial charge in [-0.1, -0.05) is 0 Å². The largest absolute Gasteiger partial charge is 0.382 e. The highest BCUT2D eigenvalue weighted by atomic mass is 16.5. The van der Waals surface area contributed by atoms with Crippen molar-refractivity contribution in [2.24, 2.45) is 7.05 Å². The van der Waals surface area contributed by atoms with E-state index in [1.165, 1.54) is 0 Å². The molecule has 0 atom stereocenters. The highest BCUT2D eigenvalue weighted by molar-refractivity contribution is 5.88. The number of rotatable bonds is 6. The molecule has 0 saturated carbocycles. The molecule has 2 heterocycles. The minimum Gasteiger partial charge on any atom is -0.382 e. The summed E-state index contributed by atoms with van der Waals surface area (Å²) < 4.78 is 7.07. The molecular weight excluding hydrogens is 230 g/mol. The first-order valence-corrected chi connectivity index (χ1v) is 6.20. The van der Waals surface area contributed by atoms with Gasteiger partial charge in [0.1, 0.15) is 12.1 Å². The van der Waals surface area contributed by atoms with Crippen LogP contribution < -0.4 is 5.32 Å². The molecular formula is C12H19N5O. The van der Waals surface area contributed by atoms with Crippen molar-refractivity contribution in [3.63, 3.8) is 0 Å². The summed E-state index contributed by atoms with van der Waals surface area (Å²) in [6.45, 7) is 6.33. The van der Waals surface area contributed by atoms with E-state index in [-0.39, 0.29) is 0 Å². The first kappa shape index (κ1) is 12.8. The van der Waals surface area contributed by atoms with Crippen LogP contribution in [0.15, 0.2) is 6.33 Å². The smallest absolute Gasteiger partial charge is 0.163 e. The third-order valence-electron chi connectivity index (χ3n) is 2.76. The maximum atomic E-state index is 5.30. The molecule has 0 bridgehead atoms. The van der Waals surface area contributed by atoms with Gasteiger partial charge in [0, 0.05) is 26.8 Å². The number of hydrogen-bond donors (Lipinski definition) is 1. The predicted octanol–water partition coefficient (Wildman–Crippen LogP) is 1.51. The van der Waals surface area contributed by atoms with Crippen LogP contribution in [0.1, 0.15) is 19.0 Å². The fourth-order valence-electron chi connectivity index (χ4n) is 1.94. The first-order valence-electron chi connectivity index (χ1n) is 6.20. The lowest BCUT2D eigenvalue weighted by atomic mass is 10.3. The molecule has 2 aromatic heterocycles. The number of fused-ring (bicyclic) bond motifs is 1. The summed E-state index contributed by atoms with van der Waals surface area (Å²) in [6, 6.07) is 0. The summed E-state index contributed by atoms with van der Waals surface area (Å²) in [5, 5.41) is 8.67. The third kappa shape index (κ3) is 2.59. The topological polar surface area (TPSA) is 64.9 Å². The summed E-state index contributed by atoms with van der Waals surface area (Å²) in [4.78, 5) is 8.53. The molecule has 0 aliphatic rings. The highest BCUT2D eigenvalue weighted by Gasteiger charge is 2.11. The number of anilines is 1. The zero-order chi connectivity index (χ0) is 13.0. The van der Waals surface area contributed by atoms with Gasteiger partial charge in [-0.25, -0.2) is 9.97 Å². The van der Waals surface area contributed by atoms with Gasteiger partial charge in [0.2, 0.25) is 0 Å². The van der Waals surface area contributed by atoms with Crippen molar-refractivity contribution in [1.29, 1.82) is 0 Å². The summed E-state index contributed by atoms with van der Waals surface area (Å²) in [5.74, 6) is 0.849. The van der Waals surface area contributed by atoms with Crippen LogP contribution >= 0.6 is 0 Å². The van der Waals surface area contributed by atoms with E-state index in [0.717, 1.165) is 48.7 Å². The molecule has 0 spiro atoms. The molecule has 0 radical (unpaired) electrons. The van der Waals surface area contributed by atoms with Crippen LogP contribution in [0.5, 0.6) is 0 Å². The predicted molar refractivity (Wildman–Crippen MR) is 70.6 cm³/mol. The average Bonchev–Trinajstić information content (AvgIpc) is 2.66. The molecule has 2 rings (SSSR count). The molecule has 0 aliphatic heterocycles. The molecule has 0 saturated heterocycles. The second-order valence-corrected chi connectivity index (χ2v) is 4.11. The second kappa shape index (κ2) is 5.77. The number of aromatic nitrogens is 4. The SMILES string of the molecule is CCOCCCNc1ncnc2c1c(C)nn2C.